The fourth-order valence-corrected chi connectivity index (χ4v) is 5.27. The van der Waals surface area contributed by atoms with E-state index in [4.69, 9.17) is 9.47 Å². The minimum Gasteiger partial charge on any atom is -0.493 e. The molecule has 1 aliphatic rings. The van der Waals surface area contributed by atoms with Crippen molar-refractivity contribution in [2.45, 2.75) is 6.92 Å². The van der Waals surface area contributed by atoms with Gasteiger partial charge in [-0.2, -0.15) is 0 Å². The first kappa shape index (κ1) is 28.8. The molecule has 4 rings (SSSR count). The van der Waals surface area contributed by atoms with Gasteiger partial charge < -0.3 is 19.9 Å². The normalized spacial score (nSPS) is 15.0. The summed E-state index contributed by atoms with van der Waals surface area (Å²) in [4.78, 5) is 43.0. The Labute approximate surface area is 241 Å². The molecule has 206 valence electrons. The second kappa shape index (κ2) is 12.3. The number of rotatable bonds is 8. The lowest BCUT2D eigenvalue weighted by atomic mass is 10.1. The summed E-state index contributed by atoms with van der Waals surface area (Å²) >= 11 is 4.60. The summed E-state index contributed by atoms with van der Waals surface area (Å²) in [7, 11) is 3.04. The molecule has 3 aromatic carbocycles. The van der Waals surface area contributed by atoms with E-state index in [-0.39, 0.29) is 23.8 Å². The number of carboxylic acid groups (broad SMARTS) is 1. The SMILES string of the molecule is COc1cc(/C=C2\SC(=Nc3cccc(C(=O)O)c3C)N(C)C2=O)cc(Br)c1OCC(=O)Nc1ccc(F)cc1. The largest absolute Gasteiger partial charge is 0.493 e. The number of amides is 2. The number of anilines is 1. The smallest absolute Gasteiger partial charge is 0.336 e. The number of nitrogens with zero attached hydrogens (tertiary/aromatic N) is 2. The van der Waals surface area contributed by atoms with Gasteiger partial charge in [0.1, 0.15) is 5.82 Å². The minimum atomic E-state index is -1.05. The average molecular weight is 628 g/mol. The van der Waals surface area contributed by atoms with E-state index in [0.717, 1.165) is 11.8 Å². The number of carboxylic acids is 1. The van der Waals surface area contributed by atoms with E-state index in [2.05, 4.69) is 26.2 Å². The van der Waals surface area contributed by atoms with Crippen LogP contribution in [-0.2, 0) is 9.59 Å². The predicted octanol–water partition coefficient (Wildman–Crippen LogP) is 5.85. The molecule has 0 spiro atoms. The first-order chi connectivity index (χ1) is 19.1. The van der Waals surface area contributed by atoms with Crippen LogP contribution < -0.4 is 14.8 Å². The number of carbonyl (C=O) groups excluding carboxylic acids is 2. The average Bonchev–Trinajstić information content (AvgIpc) is 3.17. The van der Waals surface area contributed by atoms with Gasteiger partial charge in [-0.1, -0.05) is 6.07 Å². The van der Waals surface area contributed by atoms with Crippen molar-refractivity contribution in [3.05, 3.63) is 86.5 Å². The summed E-state index contributed by atoms with van der Waals surface area (Å²) in [5.41, 5.74) is 2.15. The number of carbonyl (C=O) groups is 3. The Kier molecular flexibility index (Phi) is 8.90. The van der Waals surface area contributed by atoms with Crippen LogP contribution in [0.2, 0.25) is 0 Å². The number of halogens is 2. The van der Waals surface area contributed by atoms with Gasteiger partial charge in [-0.25, -0.2) is 14.2 Å². The molecule has 0 aromatic heterocycles. The maximum absolute atomic E-state index is 13.1. The molecule has 1 saturated heterocycles. The highest BCUT2D eigenvalue weighted by Gasteiger charge is 2.31. The van der Waals surface area contributed by atoms with Crippen LogP contribution in [0.1, 0.15) is 21.5 Å². The van der Waals surface area contributed by atoms with Crippen molar-refractivity contribution in [1.29, 1.82) is 0 Å². The van der Waals surface area contributed by atoms with Crippen LogP contribution in [0.15, 0.2) is 69.0 Å². The lowest BCUT2D eigenvalue weighted by Crippen LogP contribution is -2.23. The number of nitrogens with one attached hydrogen (secondary N) is 1. The number of ether oxygens (including phenoxy) is 2. The minimum absolute atomic E-state index is 0.141. The van der Waals surface area contributed by atoms with E-state index in [1.54, 1.807) is 44.3 Å². The number of likely N-dealkylation sites (N-methyl/N-ethyl adjacent to an activating group) is 1. The molecule has 12 heteroatoms. The Hall–Kier alpha value is -4.16. The number of methoxy groups -OCH3 is 1. The summed E-state index contributed by atoms with van der Waals surface area (Å²) in [6.45, 7) is 1.34. The number of thioether (sulfide) groups is 1. The van der Waals surface area contributed by atoms with Crippen LogP contribution in [0.25, 0.3) is 6.08 Å². The van der Waals surface area contributed by atoms with E-state index >= 15 is 0 Å². The zero-order chi connectivity index (χ0) is 29.0. The van der Waals surface area contributed by atoms with Gasteiger partial charge in [-0.05, 0) is 100 Å². The number of hydrogen-bond donors (Lipinski definition) is 2. The van der Waals surface area contributed by atoms with Gasteiger partial charge in [0.2, 0.25) is 0 Å². The summed E-state index contributed by atoms with van der Waals surface area (Å²) in [6.07, 6.45) is 1.67. The lowest BCUT2D eigenvalue weighted by Gasteiger charge is -2.14. The zero-order valence-electron chi connectivity index (χ0n) is 21.5. The predicted molar refractivity (Wildman–Crippen MR) is 155 cm³/mol. The molecule has 0 radical (unpaired) electrons. The third-order valence-corrected chi connectivity index (χ3v) is 7.43. The van der Waals surface area contributed by atoms with Gasteiger partial charge in [-0.15, -0.1) is 0 Å². The monoisotopic (exact) mass is 627 g/mol. The number of aromatic carboxylic acids is 1. The molecule has 1 aliphatic heterocycles. The summed E-state index contributed by atoms with van der Waals surface area (Å²) in [6, 6.07) is 13.5. The van der Waals surface area contributed by atoms with Gasteiger partial charge in [-0.3, -0.25) is 14.5 Å². The van der Waals surface area contributed by atoms with Gasteiger partial charge in [0.15, 0.2) is 23.3 Å². The van der Waals surface area contributed by atoms with Crippen molar-refractivity contribution in [3.63, 3.8) is 0 Å². The van der Waals surface area contributed by atoms with Crippen LogP contribution in [0, 0.1) is 12.7 Å². The van der Waals surface area contributed by atoms with Crippen molar-refractivity contribution in [2.75, 3.05) is 26.1 Å². The second-order valence-corrected chi connectivity index (χ2v) is 10.4. The third kappa shape index (κ3) is 6.52. The number of hydrogen-bond acceptors (Lipinski definition) is 7. The van der Waals surface area contributed by atoms with Crippen LogP contribution >= 0.6 is 27.7 Å². The fraction of sp³-hybridized carbons (Fsp3) is 0.143. The van der Waals surface area contributed by atoms with Gasteiger partial charge in [0.05, 0.1) is 27.7 Å². The molecule has 1 fully saturated rings. The topological polar surface area (TPSA) is 118 Å². The van der Waals surface area contributed by atoms with Crippen molar-refractivity contribution < 1.29 is 33.4 Å². The fourth-order valence-electron chi connectivity index (χ4n) is 3.71. The summed E-state index contributed by atoms with van der Waals surface area (Å²) < 4.78 is 24.7. The number of aliphatic imine (C=N–C) groups is 1. The molecule has 0 atom stereocenters. The molecule has 40 heavy (non-hydrogen) atoms. The molecular weight excluding hydrogens is 605 g/mol. The Balaban J connectivity index is 1.52. The van der Waals surface area contributed by atoms with Gasteiger partial charge >= 0.3 is 5.97 Å². The number of benzene rings is 3. The van der Waals surface area contributed by atoms with Crippen molar-refractivity contribution >= 4 is 68.1 Å². The molecule has 1 heterocycles. The van der Waals surface area contributed by atoms with E-state index < -0.39 is 17.7 Å². The maximum Gasteiger partial charge on any atom is 0.336 e. The highest BCUT2D eigenvalue weighted by Crippen LogP contribution is 2.39. The van der Waals surface area contributed by atoms with Gasteiger partial charge in [0, 0.05) is 12.7 Å². The quantitative estimate of drug-likeness (QED) is 0.301. The van der Waals surface area contributed by atoms with Crippen LogP contribution in [0.4, 0.5) is 15.8 Å². The summed E-state index contributed by atoms with van der Waals surface area (Å²) in [5.74, 6) is -1.56. The first-order valence-electron chi connectivity index (χ1n) is 11.7. The molecule has 2 N–H and O–H groups in total. The second-order valence-electron chi connectivity index (χ2n) is 8.50. The van der Waals surface area contributed by atoms with E-state index in [9.17, 15) is 23.9 Å². The van der Waals surface area contributed by atoms with Crippen LogP contribution in [-0.4, -0.2) is 53.7 Å². The highest BCUT2D eigenvalue weighted by atomic mass is 79.9. The standard InChI is InChI=1S/C28H23BrFN3O6S/c1-15-19(27(36)37)5-4-6-21(15)32-28-33(2)26(35)23(40-28)13-16-11-20(29)25(22(12-16)38-3)39-14-24(34)31-18-9-7-17(30)8-10-18/h4-13H,14H2,1-3H3,(H,31,34)(H,36,37)/b23-13-,32-28?. The third-order valence-electron chi connectivity index (χ3n) is 5.78. The van der Waals surface area contributed by atoms with E-state index in [0.29, 0.717) is 42.8 Å². The zero-order valence-corrected chi connectivity index (χ0v) is 23.9. The molecular formula is C28H23BrFN3O6S. The van der Waals surface area contributed by atoms with Crippen molar-refractivity contribution in [1.82, 2.24) is 4.90 Å². The molecule has 2 amide bonds. The van der Waals surface area contributed by atoms with Crippen LogP contribution in [0.3, 0.4) is 0 Å². The van der Waals surface area contributed by atoms with Crippen molar-refractivity contribution in [3.8, 4) is 11.5 Å². The molecule has 9 nitrogen and oxygen atoms in total. The number of amidine groups is 1. The van der Waals surface area contributed by atoms with Crippen molar-refractivity contribution in [2.24, 2.45) is 4.99 Å². The molecule has 0 saturated carbocycles. The molecule has 0 aliphatic carbocycles. The van der Waals surface area contributed by atoms with E-state index in [1.807, 2.05) is 0 Å². The highest BCUT2D eigenvalue weighted by molar-refractivity contribution is 9.10. The van der Waals surface area contributed by atoms with Gasteiger partial charge in [0.25, 0.3) is 11.8 Å². The molecule has 3 aromatic rings. The van der Waals surface area contributed by atoms with Crippen LogP contribution in [0.5, 0.6) is 11.5 Å². The maximum atomic E-state index is 13.1. The molecule has 0 unspecified atom stereocenters. The lowest BCUT2D eigenvalue weighted by molar-refractivity contribution is -0.121. The summed E-state index contributed by atoms with van der Waals surface area (Å²) in [5, 5.41) is 12.4. The Morgan fingerprint density at radius 3 is 2.60 bits per heavy atom. The molecule has 0 bridgehead atoms. The Morgan fingerprint density at radius 2 is 1.93 bits per heavy atom. The Morgan fingerprint density at radius 1 is 1.20 bits per heavy atom. The first-order valence-corrected chi connectivity index (χ1v) is 13.3. The van der Waals surface area contributed by atoms with E-state index in [1.165, 1.54) is 42.3 Å². The Bertz CT molecular complexity index is 1560.